The molecule has 0 N–H and O–H groups in total. The van der Waals surface area contributed by atoms with E-state index in [-0.39, 0.29) is 0 Å². The molecule has 0 radical (unpaired) electrons. The van der Waals surface area contributed by atoms with E-state index in [0.29, 0.717) is 0 Å². The lowest BCUT2D eigenvalue weighted by atomic mass is 9.97. The lowest BCUT2D eigenvalue weighted by Crippen LogP contribution is -2.08. The van der Waals surface area contributed by atoms with Crippen LogP contribution in [0.5, 0.6) is 0 Å². The lowest BCUT2D eigenvalue weighted by molar-refractivity contribution is 1.09. The van der Waals surface area contributed by atoms with Gasteiger partial charge in [-0.2, -0.15) is 0 Å². The predicted molar refractivity (Wildman–Crippen MR) is 149 cm³/mol. The van der Waals surface area contributed by atoms with Gasteiger partial charge in [-0.3, -0.25) is 0 Å². The van der Waals surface area contributed by atoms with Gasteiger partial charge in [-0.05, 0) is 45.8 Å². The molecular formula is C31H36N2. The molecule has 0 aliphatic heterocycles. The van der Waals surface area contributed by atoms with Gasteiger partial charge in [0, 0.05) is 11.1 Å². The molecule has 0 atom stereocenters. The van der Waals surface area contributed by atoms with Crippen molar-refractivity contribution in [1.29, 1.82) is 0 Å². The molecule has 170 valence electrons. The van der Waals surface area contributed by atoms with Gasteiger partial charge >= 0.3 is 0 Å². The van der Waals surface area contributed by atoms with Crippen molar-refractivity contribution >= 4 is 22.3 Å². The smallest absolute Gasteiger partial charge is 0.0973 e. The maximum absolute atomic E-state index is 5.20. The highest BCUT2D eigenvalue weighted by atomic mass is 14.9. The summed E-state index contributed by atoms with van der Waals surface area (Å²) in [5.74, 6) is 0. The van der Waals surface area contributed by atoms with Crippen LogP contribution in [0.25, 0.3) is 22.3 Å². The van der Waals surface area contributed by atoms with Gasteiger partial charge in [0.15, 0.2) is 0 Å². The second-order valence-corrected chi connectivity index (χ2v) is 6.92. The van der Waals surface area contributed by atoms with Gasteiger partial charge in [0.25, 0.3) is 0 Å². The maximum atomic E-state index is 5.20. The van der Waals surface area contributed by atoms with E-state index < -0.39 is 0 Å². The molecule has 33 heavy (non-hydrogen) atoms. The van der Waals surface area contributed by atoms with Crippen LogP contribution < -0.4 is 0 Å². The summed E-state index contributed by atoms with van der Waals surface area (Å²) in [7, 11) is 0. The number of allylic oxidation sites excluding steroid dienone is 19. The normalized spacial score (nSPS) is 14.2. The monoisotopic (exact) mass is 436 g/mol. The van der Waals surface area contributed by atoms with Crippen LogP contribution in [-0.4, -0.2) is 9.97 Å². The third-order valence-corrected chi connectivity index (χ3v) is 4.66. The van der Waals surface area contributed by atoms with Gasteiger partial charge in [-0.1, -0.05) is 111 Å². The Morgan fingerprint density at radius 1 is 0.515 bits per heavy atom. The Kier molecular flexibility index (Phi) is 12.5. The van der Waals surface area contributed by atoms with Crippen LogP contribution in [0.4, 0.5) is 0 Å². The number of nitrogens with zero attached hydrogens (tertiary/aromatic N) is 2. The zero-order valence-corrected chi connectivity index (χ0v) is 20.7. The Morgan fingerprint density at radius 3 is 1.21 bits per heavy atom. The van der Waals surface area contributed by atoms with Crippen LogP contribution in [0.3, 0.4) is 0 Å². The van der Waals surface area contributed by atoms with Crippen LogP contribution in [0.15, 0.2) is 111 Å². The number of rotatable bonds is 11. The summed E-state index contributed by atoms with van der Waals surface area (Å²) in [6, 6.07) is 0. The first-order chi connectivity index (χ1) is 16.1. The highest BCUT2D eigenvalue weighted by Gasteiger charge is 2.20. The summed E-state index contributed by atoms with van der Waals surface area (Å²) < 4.78 is 0. The zero-order valence-electron chi connectivity index (χ0n) is 20.7. The predicted octanol–water partition coefficient (Wildman–Crippen LogP) is 8.89. The molecule has 0 saturated heterocycles. The van der Waals surface area contributed by atoms with E-state index in [0.717, 1.165) is 45.1 Å². The minimum atomic E-state index is 0.781. The molecule has 1 rings (SSSR count). The molecule has 1 aromatic rings. The van der Waals surface area contributed by atoms with Crippen molar-refractivity contribution in [2.75, 3.05) is 0 Å². The molecule has 0 bridgehead atoms. The minimum absolute atomic E-state index is 0.781. The summed E-state index contributed by atoms with van der Waals surface area (Å²) >= 11 is 0. The number of hydrogen-bond acceptors (Lipinski definition) is 2. The fourth-order valence-corrected chi connectivity index (χ4v) is 3.26. The van der Waals surface area contributed by atoms with Crippen LogP contribution in [0.1, 0.15) is 57.4 Å². The topological polar surface area (TPSA) is 25.8 Å². The largest absolute Gasteiger partial charge is 0.243 e. The first-order valence-electron chi connectivity index (χ1n) is 11.1. The van der Waals surface area contributed by atoms with E-state index in [1.165, 1.54) is 0 Å². The second kappa shape index (κ2) is 15.1. The van der Waals surface area contributed by atoms with E-state index >= 15 is 0 Å². The highest BCUT2D eigenvalue weighted by Crippen LogP contribution is 2.32. The first kappa shape index (κ1) is 27.3. The van der Waals surface area contributed by atoms with E-state index in [4.69, 9.17) is 9.97 Å². The van der Waals surface area contributed by atoms with Gasteiger partial charge in [0.1, 0.15) is 0 Å². The molecular weight excluding hydrogens is 400 g/mol. The van der Waals surface area contributed by atoms with Gasteiger partial charge in [-0.15, -0.1) is 0 Å². The third kappa shape index (κ3) is 7.40. The Labute approximate surface area is 200 Å². The molecule has 0 fully saturated rings. The molecule has 1 heterocycles. The van der Waals surface area contributed by atoms with E-state index in [2.05, 4.69) is 31.9 Å². The van der Waals surface area contributed by atoms with E-state index in [1.807, 2.05) is 95.4 Å². The molecule has 0 aromatic carbocycles. The zero-order chi connectivity index (χ0) is 24.6. The fraction of sp³-hybridized carbons (Fsp3) is 0.161. The summed E-state index contributed by atoms with van der Waals surface area (Å²) in [5, 5.41) is 0. The molecule has 0 spiro atoms. The Morgan fingerprint density at radius 2 is 0.879 bits per heavy atom. The minimum Gasteiger partial charge on any atom is -0.243 e. The number of aromatic nitrogens is 2. The molecule has 0 saturated carbocycles. The Hall–Kier alpha value is -3.78. The van der Waals surface area contributed by atoms with Crippen molar-refractivity contribution in [2.24, 2.45) is 0 Å². The van der Waals surface area contributed by atoms with Crippen LogP contribution in [0, 0.1) is 0 Å². The SMILES string of the molecule is C=C/C=C\C(=C/C)c1nc(C(/C=C\C)=C/C)c(C(/C=C\C)=C/C=C)nc1C(/C=C\C)=C/C=C. The molecule has 0 unspecified atom stereocenters. The highest BCUT2D eigenvalue weighted by molar-refractivity contribution is 5.89. The average molecular weight is 437 g/mol. The van der Waals surface area contributed by atoms with Crippen molar-refractivity contribution in [3.05, 3.63) is 134 Å². The summed E-state index contributed by atoms with van der Waals surface area (Å²) in [5.41, 5.74) is 7.00. The Bertz CT molecular complexity index is 1090. The van der Waals surface area contributed by atoms with Crippen LogP contribution in [-0.2, 0) is 0 Å². The molecule has 0 aliphatic rings. The van der Waals surface area contributed by atoms with Gasteiger partial charge in [0.2, 0.25) is 0 Å². The summed E-state index contributed by atoms with van der Waals surface area (Å²) in [4.78, 5) is 10.4. The molecule has 0 aliphatic carbocycles. The van der Waals surface area contributed by atoms with Crippen molar-refractivity contribution in [1.82, 2.24) is 9.97 Å². The molecule has 2 nitrogen and oxygen atoms in total. The molecule has 1 aromatic heterocycles. The molecule has 0 amide bonds. The lowest BCUT2D eigenvalue weighted by Gasteiger charge is -2.17. The maximum Gasteiger partial charge on any atom is 0.0973 e. The summed E-state index contributed by atoms with van der Waals surface area (Å²) in [6.07, 6.45) is 29.3. The van der Waals surface area contributed by atoms with E-state index in [1.54, 1.807) is 18.2 Å². The van der Waals surface area contributed by atoms with Crippen molar-refractivity contribution in [3.8, 4) is 0 Å². The van der Waals surface area contributed by atoms with Crippen molar-refractivity contribution in [2.45, 2.75) is 34.6 Å². The van der Waals surface area contributed by atoms with Gasteiger partial charge < -0.3 is 0 Å². The Balaban J connectivity index is 4.33. The number of hydrogen-bond donors (Lipinski definition) is 0. The van der Waals surface area contributed by atoms with Crippen LogP contribution >= 0.6 is 0 Å². The van der Waals surface area contributed by atoms with Crippen molar-refractivity contribution in [3.63, 3.8) is 0 Å². The quantitative estimate of drug-likeness (QED) is 0.324. The second-order valence-electron chi connectivity index (χ2n) is 6.92. The molecule has 2 heteroatoms. The fourth-order valence-electron chi connectivity index (χ4n) is 3.26. The summed E-state index contributed by atoms with van der Waals surface area (Å²) in [6.45, 7) is 21.6. The van der Waals surface area contributed by atoms with Crippen LogP contribution in [0.2, 0.25) is 0 Å². The van der Waals surface area contributed by atoms with Crippen molar-refractivity contribution < 1.29 is 0 Å². The standard InChI is InChI=1S/C31H36N2/c1-9-17-23-25(16-8)29-31(27(21-13-5)22-14-6)33-30(26(19-11-3)20-12-4)28(32-29)24(15-7)18-10-2/h9-23H,1,3,5H2,2,4,6-8H3/b18-10-,20-12-,22-14-,23-17-,24-15+,25-16+,26-19+,27-21+. The van der Waals surface area contributed by atoms with Gasteiger partial charge in [-0.25, -0.2) is 9.97 Å². The van der Waals surface area contributed by atoms with E-state index in [9.17, 15) is 0 Å². The van der Waals surface area contributed by atoms with Gasteiger partial charge in [0.05, 0.1) is 22.8 Å². The first-order valence-corrected chi connectivity index (χ1v) is 11.1. The third-order valence-electron chi connectivity index (χ3n) is 4.66. The average Bonchev–Trinajstić information content (AvgIpc) is 2.82.